The summed E-state index contributed by atoms with van der Waals surface area (Å²) in [7, 11) is -3.39. The molecule has 0 aliphatic rings. The number of sulfone groups is 1. The van der Waals surface area contributed by atoms with Crippen LogP contribution in [0.25, 0.3) is 0 Å². The molecule has 0 aromatic heterocycles. The van der Waals surface area contributed by atoms with Crippen LogP contribution < -0.4 is 11.5 Å². The second-order valence-corrected chi connectivity index (χ2v) is 6.01. The van der Waals surface area contributed by atoms with E-state index in [2.05, 4.69) is 0 Å². The molecule has 6 heteroatoms. The van der Waals surface area contributed by atoms with Gasteiger partial charge in [-0.3, -0.25) is 0 Å². The summed E-state index contributed by atoms with van der Waals surface area (Å²) in [4.78, 5) is 0. The van der Waals surface area contributed by atoms with Crippen molar-refractivity contribution in [3.8, 4) is 0 Å². The summed E-state index contributed by atoms with van der Waals surface area (Å²) < 4.78 is 22.8. The summed E-state index contributed by atoms with van der Waals surface area (Å²) in [6.07, 6.45) is 1.06. The second-order valence-electron chi connectivity index (χ2n) is 3.75. The number of aliphatic hydroxyl groups excluding tert-OH is 1. The van der Waals surface area contributed by atoms with Crippen LogP contribution in [-0.2, 0) is 9.84 Å². The third-order valence-electron chi connectivity index (χ3n) is 2.43. The molecule has 0 saturated heterocycles. The molecule has 0 bridgehead atoms. The van der Waals surface area contributed by atoms with Gasteiger partial charge in [0.2, 0.25) is 0 Å². The molecule has 0 saturated carbocycles. The molecule has 0 heterocycles. The first-order valence-electron chi connectivity index (χ1n) is 4.77. The zero-order chi connectivity index (χ0) is 12.3. The Morgan fingerprint density at radius 3 is 2.50 bits per heavy atom. The molecule has 0 radical (unpaired) electrons. The minimum atomic E-state index is -3.39. The van der Waals surface area contributed by atoms with Gasteiger partial charge in [0, 0.05) is 18.0 Å². The Bertz CT molecular complexity index is 459. The van der Waals surface area contributed by atoms with E-state index in [1.807, 2.05) is 0 Å². The highest BCUT2D eigenvalue weighted by Gasteiger charge is 2.28. The van der Waals surface area contributed by atoms with Crippen molar-refractivity contribution >= 4 is 15.5 Å². The van der Waals surface area contributed by atoms with Gasteiger partial charge in [-0.05, 0) is 17.7 Å². The molecule has 1 aromatic rings. The van der Waals surface area contributed by atoms with Gasteiger partial charge in [-0.2, -0.15) is 0 Å². The van der Waals surface area contributed by atoms with E-state index in [-0.39, 0.29) is 0 Å². The van der Waals surface area contributed by atoms with Crippen molar-refractivity contribution in [1.82, 2.24) is 0 Å². The molecule has 2 atom stereocenters. The van der Waals surface area contributed by atoms with Gasteiger partial charge >= 0.3 is 0 Å². The van der Waals surface area contributed by atoms with Gasteiger partial charge in [-0.1, -0.05) is 12.1 Å². The molecule has 0 fully saturated rings. The van der Waals surface area contributed by atoms with Crippen LogP contribution in [0.15, 0.2) is 24.3 Å². The highest BCUT2D eigenvalue weighted by molar-refractivity contribution is 7.91. The number of hydrogen-bond donors (Lipinski definition) is 3. The quantitative estimate of drug-likeness (QED) is 0.629. The maximum Gasteiger partial charge on any atom is 0.154 e. The third kappa shape index (κ3) is 2.94. The molecule has 1 aromatic carbocycles. The highest BCUT2D eigenvalue weighted by Crippen LogP contribution is 2.20. The molecule has 0 aliphatic carbocycles. The summed E-state index contributed by atoms with van der Waals surface area (Å²) in [6.45, 7) is -0.505. The topological polar surface area (TPSA) is 106 Å². The van der Waals surface area contributed by atoms with Crippen LogP contribution in [0, 0.1) is 0 Å². The predicted molar refractivity (Wildman–Crippen MR) is 63.5 cm³/mol. The molecule has 5 N–H and O–H groups in total. The minimum absolute atomic E-state index is 0.505. The lowest BCUT2D eigenvalue weighted by Gasteiger charge is -2.20. The molecule has 5 nitrogen and oxygen atoms in total. The van der Waals surface area contributed by atoms with Crippen LogP contribution in [0.5, 0.6) is 0 Å². The number of rotatable bonds is 4. The van der Waals surface area contributed by atoms with E-state index in [4.69, 9.17) is 16.6 Å². The molecule has 0 amide bonds. The van der Waals surface area contributed by atoms with E-state index >= 15 is 0 Å². The number of aliphatic hydroxyl groups is 1. The van der Waals surface area contributed by atoms with E-state index in [0.29, 0.717) is 11.3 Å². The van der Waals surface area contributed by atoms with Crippen LogP contribution in [0.2, 0.25) is 0 Å². The van der Waals surface area contributed by atoms with Crippen molar-refractivity contribution in [2.45, 2.75) is 11.3 Å². The van der Waals surface area contributed by atoms with Gasteiger partial charge in [0.25, 0.3) is 0 Å². The van der Waals surface area contributed by atoms with Crippen LogP contribution in [0.3, 0.4) is 0 Å². The molecule has 0 unspecified atom stereocenters. The molecule has 90 valence electrons. The van der Waals surface area contributed by atoms with Gasteiger partial charge in [-0.15, -0.1) is 0 Å². The Hall–Kier alpha value is -1.11. The van der Waals surface area contributed by atoms with Gasteiger partial charge in [0.1, 0.15) is 5.25 Å². The Balaban J connectivity index is 3.05. The van der Waals surface area contributed by atoms with Crippen molar-refractivity contribution in [3.63, 3.8) is 0 Å². The normalized spacial score (nSPS) is 15.7. The highest BCUT2D eigenvalue weighted by atomic mass is 32.2. The van der Waals surface area contributed by atoms with Crippen LogP contribution >= 0.6 is 0 Å². The largest absolute Gasteiger partial charge is 0.399 e. The second kappa shape index (κ2) is 4.82. The minimum Gasteiger partial charge on any atom is -0.399 e. The molecule has 0 aliphatic heterocycles. The Morgan fingerprint density at radius 2 is 2.06 bits per heavy atom. The number of nitrogen functional groups attached to an aromatic ring is 1. The first-order chi connectivity index (χ1) is 7.36. The maximum atomic E-state index is 11.4. The molecule has 1 rings (SSSR count). The van der Waals surface area contributed by atoms with Crippen molar-refractivity contribution in [3.05, 3.63) is 29.8 Å². The van der Waals surface area contributed by atoms with Gasteiger partial charge < -0.3 is 16.6 Å². The first-order valence-corrected chi connectivity index (χ1v) is 6.72. The fourth-order valence-corrected chi connectivity index (χ4v) is 2.46. The van der Waals surface area contributed by atoms with E-state index in [1.165, 1.54) is 0 Å². The smallest absolute Gasteiger partial charge is 0.154 e. The SMILES string of the molecule is CS(=O)(=O)[C@@H](CO)[C@@H](N)c1cccc(N)c1. The van der Waals surface area contributed by atoms with Gasteiger partial charge in [0.05, 0.1) is 6.61 Å². The van der Waals surface area contributed by atoms with E-state index in [0.717, 1.165) is 6.26 Å². The average molecular weight is 244 g/mol. The third-order valence-corrected chi connectivity index (χ3v) is 3.97. The van der Waals surface area contributed by atoms with Crippen LogP contribution in [0.1, 0.15) is 11.6 Å². The van der Waals surface area contributed by atoms with Crippen molar-refractivity contribution in [1.29, 1.82) is 0 Å². The van der Waals surface area contributed by atoms with Crippen LogP contribution in [0.4, 0.5) is 5.69 Å². The summed E-state index contributed by atoms with van der Waals surface area (Å²) >= 11 is 0. The molecular formula is C10H16N2O3S. The maximum absolute atomic E-state index is 11.4. The monoisotopic (exact) mass is 244 g/mol. The Morgan fingerprint density at radius 1 is 1.44 bits per heavy atom. The Labute approximate surface area is 95.0 Å². The van der Waals surface area contributed by atoms with E-state index in [9.17, 15) is 8.42 Å². The predicted octanol–water partition coefficient (Wildman–Crippen LogP) is -0.326. The number of hydrogen-bond acceptors (Lipinski definition) is 5. The fraction of sp³-hybridized carbons (Fsp3) is 0.400. The average Bonchev–Trinajstić information content (AvgIpc) is 2.16. The standard InChI is InChI=1S/C10H16N2O3S/c1-16(14,15)9(6-13)10(12)7-3-2-4-8(11)5-7/h2-5,9-10,13H,6,11-12H2,1H3/t9-,10-/m0/s1. The lowest BCUT2D eigenvalue weighted by Crippen LogP contribution is -2.36. The van der Waals surface area contributed by atoms with E-state index < -0.39 is 27.7 Å². The zero-order valence-corrected chi connectivity index (χ0v) is 9.81. The van der Waals surface area contributed by atoms with Crippen molar-refractivity contribution in [2.75, 3.05) is 18.6 Å². The fourth-order valence-electron chi connectivity index (χ4n) is 1.50. The number of benzene rings is 1. The summed E-state index contributed by atoms with van der Waals surface area (Å²) in [5.41, 5.74) is 12.5. The first kappa shape index (κ1) is 13.0. The van der Waals surface area contributed by atoms with E-state index in [1.54, 1.807) is 24.3 Å². The van der Waals surface area contributed by atoms with Crippen molar-refractivity contribution in [2.24, 2.45) is 5.73 Å². The summed E-state index contributed by atoms with van der Waals surface area (Å²) in [5, 5.41) is 8.07. The zero-order valence-electron chi connectivity index (χ0n) is 9.00. The molecule has 16 heavy (non-hydrogen) atoms. The Kier molecular flexibility index (Phi) is 3.90. The summed E-state index contributed by atoms with van der Waals surface area (Å²) in [5.74, 6) is 0. The lowest BCUT2D eigenvalue weighted by atomic mass is 10.0. The van der Waals surface area contributed by atoms with Crippen LogP contribution in [-0.4, -0.2) is 31.6 Å². The van der Waals surface area contributed by atoms with Gasteiger partial charge in [-0.25, -0.2) is 8.42 Å². The lowest BCUT2D eigenvalue weighted by molar-refractivity contribution is 0.278. The number of nitrogens with two attached hydrogens (primary N) is 2. The van der Waals surface area contributed by atoms with Crippen molar-refractivity contribution < 1.29 is 13.5 Å². The molecule has 0 spiro atoms. The van der Waals surface area contributed by atoms with Gasteiger partial charge in [0.15, 0.2) is 9.84 Å². The number of anilines is 1. The summed E-state index contributed by atoms with van der Waals surface area (Å²) in [6, 6.07) is 5.91. The molecular weight excluding hydrogens is 228 g/mol.